The molecule has 0 radical (unpaired) electrons. The van der Waals surface area contributed by atoms with Crippen LogP contribution in [0.4, 0.5) is 4.39 Å². The SMILES string of the molecule is COC1CCC2C(=O)C3=C(OC2C1)C(=O)N(CCCN(C)C)C3c1ccc(F)cc1. The average molecular weight is 416 g/mol. The van der Waals surface area contributed by atoms with E-state index in [1.807, 2.05) is 14.1 Å². The van der Waals surface area contributed by atoms with Gasteiger partial charge in [-0.2, -0.15) is 0 Å². The minimum absolute atomic E-state index is 0.00594. The van der Waals surface area contributed by atoms with Crippen molar-refractivity contribution in [3.8, 4) is 0 Å². The maximum Gasteiger partial charge on any atom is 0.290 e. The number of amides is 1. The molecular formula is C23H29FN2O4. The first kappa shape index (κ1) is 21.0. The molecule has 6 nitrogen and oxygen atoms in total. The molecule has 2 aliphatic heterocycles. The van der Waals surface area contributed by atoms with Crippen LogP contribution in [0.5, 0.6) is 0 Å². The number of carbonyl (C=O) groups excluding carboxylic acids is 2. The van der Waals surface area contributed by atoms with Crippen molar-refractivity contribution in [1.29, 1.82) is 0 Å². The lowest BCUT2D eigenvalue weighted by atomic mass is 9.76. The van der Waals surface area contributed by atoms with Gasteiger partial charge in [-0.25, -0.2) is 4.39 Å². The third-order valence-corrected chi connectivity index (χ3v) is 6.42. The molecule has 3 aliphatic rings. The van der Waals surface area contributed by atoms with E-state index in [2.05, 4.69) is 4.90 Å². The van der Waals surface area contributed by atoms with Crippen LogP contribution in [0.1, 0.15) is 37.3 Å². The maximum atomic E-state index is 13.5. The zero-order valence-corrected chi connectivity index (χ0v) is 17.8. The maximum absolute atomic E-state index is 13.5. The number of ketones is 1. The normalized spacial score (nSPS) is 28.6. The lowest BCUT2D eigenvalue weighted by Crippen LogP contribution is -2.43. The lowest BCUT2D eigenvalue weighted by molar-refractivity contribution is -0.138. The molecule has 1 amide bonds. The van der Waals surface area contributed by atoms with Crippen LogP contribution in [0.2, 0.25) is 0 Å². The van der Waals surface area contributed by atoms with Crippen LogP contribution >= 0.6 is 0 Å². The number of carbonyl (C=O) groups is 2. The highest BCUT2D eigenvalue weighted by atomic mass is 19.1. The molecule has 1 saturated carbocycles. The number of Topliss-reactive ketones (excluding diaryl/α,β-unsaturated/α-hetero) is 1. The van der Waals surface area contributed by atoms with Gasteiger partial charge in [-0.15, -0.1) is 0 Å². The number of hydrogen-bond donors (Lipinski definition) is 0. The molecule has 0 spiro atoms. The van der Waals surface area contributed by atoms with E-state index in [4.69, 9.17) is 9.47 Å². The predicted octanol–water partition coefficient (Wildman–Crippen LogP) is 2.70. The van der Waals surface area contributed by atoms with E-state index in [1.54, 1.807) is 24.1 Å². The lowest BCUT2D eigenvalue weighted by Gasteiger charge is -2.38. The largest absolute Gasteiger partial charge is 0.483 e. The molecule has 4 rings (SSSR count). The van der Waals surface area contributed by atoms with Gasteiger partial charge in [0.1, 0.15) is 11.9 Å². The summed E-state index contributed by atoms with van der Waals surface area (Å²) >= 11 is 0. The summed E-state index contributed by atoms with van der Waals surface area (Å²) in [5.41, 5.74) is 1.18. The Morgan fingerprint density at radius 1 is 1.20 bits per heavy atom. The van der Waals surface area contributed by atoms with Gasteiger partial charge in [-0.05, 0) is 57.6 Å². The number of nitrogens with zero attached hydrogens (tertiary/aromatic N) is 2. The number of hydrogen-bond acceptors (Lipinski definition) is 5. The number of methoxy groups -OCH3 is 1. The van der Waals surface area contributed by atoms with Gasteiger partial charge < -0.3 is 19.3 Å². The van der Waals surface area contributed by atoms with Crippen LogP contribution in [0.3, 0.4) is 0 Å². The fourth-order valence-electron chi connectivity index (χ4n) is 4.87. The first-order valence-electron chi connectivity index (χ1n) is 10.6. The first-order valence-corrected chi connectivity index (χ1v) is 10.6. The molecule has 4 atom stereocenters. The molecule has 1 fully saturated rings. The minimum Gasteiger partial charge on any atom is -0.483 e. The Morgan fingerprint density at radius 3 is 2.60 bits per heavy atom. The summed E-state index contributed by atoms with van der Waals surface area (Å²) in [6, 6.07) is 5.53. The van der Waals surface area contributed by atoms with Gasteiger partial charge in [0, 0.05) is 20.1 Å². The Morgan fingerprint density at radius 2 is 1.93 bits per heavy atom. The van der Waals surface area contributed by atoms with Crippen molar-refractivity contribution in [1.82, 2.24) is 9.80 Å². The van der Waals surface area contributed by atoms with E-state index in [-0.39, 0.29) is 41.4 Å². The smallest absolute Gasteiger partial charge is 0.290 e. The Kier molecular flexibility index (Phi) is 5.93. The van der Waals surface area contributed by atoms with E-state index in [9.17, 15) is 14.0 Å². The van der Waals surface area contributed by atoms with Gasteiger partial charge in [0.05, 0.1) is 23.6 Å². The minimum atomic E-state index is -0.524. The number of rotatable bonds is 6. The van der Waals surface area contributed by atoms with Crippen LogP contribution in [0.25, 0.3) is 0 Å². The van der Waals surface area contributed by atoms with Crippen molar-refractivity contribution >= 4 is 11.7 Å². The molecule has 0 N–H and O–H groups in total. The zero-order valence-electron chi connectivity index (χ0n) is 17.8. The summed E-state index contributed by atoms with van der Waals surface area (Å²) < 4.78 is 25.2. The number of ether oxygens (including phenoxy) is 2. The van der Waals surface area contributed by atoms with Crippen molar-refractivity contribution < 1.29 is 23.5 Å². The van der Waals surface area contributed by atoms with Crippen LogP contribution in [0.15, 0.2) is 35.6 Å². The van der Waals surface area contributed by atoms with Crippen LogP contribution in [-0.2, 0) is 19.1 Å². The number of benzene rings is 1. The van der Waals surface area contributed by atoms with Gasteiger partial charge in [0.2, 0.25) is 0 Å². The molecule has 4 unspecified atom stereocenters. The van der Waals surface area contributed by atoms with E-state index < -0.39 is 6.04 Å². The third-order valence-electron chi connectivity index (χ3n) is 6.42. The molecule has 30 heavy (non-hydrogen) atoms. The monoisotopic (exact) mass is 416 g/mol. The van der Waals surface area contributed by atoms with Gasteiger partial charge in [-0.3, -0.25) is 9.59 Å². The van der Waals surface area contributed by atoms with Crippen LogP contribution in [-0.4, -0.2) is 68.0 Å². The van der Waals surface area contributed by atoms with E-state index in [0.29, 0.717) is 25.0 Å². The van der Waals surface area contributed by atoms with Gasteiger partial charge in [-0.1, -0.05) is 12.1 Å². The fraction of sp³-hybridized carbons (Fsp3) is 0.565. The molecule has 0 saturated heterocycles. The average Bonchev–Trinajstić information content (AvgIpc) is 3.00. The van der Waals surface area contributed by atoms with Gasteiger partial charge >= 0.3 is 0 Å². The molecule has 1 aromatic rings. The fourth-order valence-corrected chi connectivity index (χ4v) is 4.87. The van der Waals surface area contributed by atoms with E-state index in [1.165, 1.54) is 12.1 Å². The Balaban J connectivity index is 1.68. The van der Waals surface area contributed by atoms with Crippen molar-refractivity contribution in [3.05, 3.63) is 47.0 Å². The molecule has 2 heterocycles. The summed E-state index contributed by atoms with van der Waals surface area (Å²) in [5.74, 6) is -0.677. The molecular weight excluding hydrogens is 387 g/mol. The summed E-state index contributed by atoms with van der Waals surface area (Å²) in [6.45, 7) is 1.32. The second kappa shape index (κ2) is 8.47. The molecule has 1 aliphatic carbocycles. The quantitative estimate of drug-likeness (QED) is 0.714. The van der Waals surface area contributed by atoms with Crippen LogP contribution < -0.4 is 0 Å². The second-order valence-corrected chi connectivity index (χ2v) is 8.65. The Bertz CT molecular complexity index is 851. The van der Waals surface area contributed by atoms with Crippen molar-refractivity contribution in [2.24, 2.45) is 5.92 Å². The molecule has 162 valence electrons. The summed E-state index contributed by atoms with van der Waals surface area (Å²) in [7, 11) is 5.63. The highest BCUT2D eigenvalue weighted by Crippen LogP contribution is 2.47. The molecule has 0 bridgehead atoms. The van der Waals surface area contributed by atoms with Gasteiger partial charge in [0.25, 0.3) is 5.91 Å². The molecule has 7 heteroatoms. The summed E-state index contributed by atoms with van der Waals surface area (Å²) in [5, 5.41) is 0. The van der Waals surface area contributed by atoms with Gasteiger partial charge in [0.15, 0.2) is 11.5 Å². The van der Waals surface area contributed by atoms with E-state index in [0.717, 1.165) is 24.9 Å². The molecule has 1 aromatic carbocycles. The Labute approximate surface area is 176 Å². The second-order valence-electron chi connectivity index (χ2n) is 8.65. The number of fused-ring (bicyclic) bond motifs is 1. The number of halogens is 1. The van der Waals surface area contributed by atoms with Crippen molar-refractivity contribution in [3.63, 3.8) is 0 Å². The summed E-state index contributed by atoms with van der Waals surface area (Å²) in [6.07, 6.45) is 2.58. The standard InChI is InChI=1S/C23H29FN2O4/c1-25(2)11-4-12-26-20(14-5-7-15(24)8-6-14)19-21(27)17-10-9-16(29-3)13-18(17)30-22(19)23(26)28/h5-8,16-18,20H,4,9-13H2,1-3H3. The Hall–Kier alpha value is -2.25. The topological polar surface area (TPSA) is 59.1 Å². The molecule has 0 aromatic heterocycles. The summed E-state index contributed by atoms with van der Waals surface area (Å²) in [4.78, 5) is 30.6. The van der Waals surface area contributed by atoms with E-state index >= 15 is 0 Å². The predicted molar refractivity (Wildman–Crippen MR) is 109 cm³/mol. The highest BCUT2D eigenvalue weighted by Gasteiger charge is 2.52. The van der Waals surface area contributed by atoms with Crippen molar-refractivity contribution in [2.45, 2.75) is 43.9 Å². The highest BCUT2D eigenvalue weighted by molar-refractivity contribution is 6.11. The van der Waals surface area contributed by atoms with Crippen LogP contribution in [0, 0.1) is 11.7 Å². The van der Waals surface area contributed by atoms with Crippen molar-refractivity contribution in [2.75, 3.05) is 34.3 Å². The zero-order chi connectivity index (χ0) is 21.4. The third kappa shape index (κ3) is 3.76. The first-order chi connectivity index (χ1) is 14.4.